The van der Waals surface area contributed by atoms with E-state index in [4.69, 9.17) is 9.15 Å². The van der Waals surface area contributed by atoms with Gasteiger partial charge in [0.1, 0.15) is 5.82 Å². The summed E-state index contributed by atoms with van der Waals surface area (Å²) in [4.78, 5) is 12.2. The third-order valence-electron chi connectivity index (χ3n) is 4.14. The highest BCUT2D eigenvalue weighted by Crippen LogP contribution is 2.25. The van der Waals surface area contributed by atoms with Crippen LogP contribution in [0.1, 0.15) is 24.6 Å². The number of nitrogens with zero attached hydrogens (tertiary/aromatic N) is 3. The summed E-state index contributed by atoms with van der Waals surface area (Å²) < 4.78 is 49.7. The van der Waals surface area contributed by atoms with Gasteiger partial charge in [0, 0.05) is 20.0 Å². The number of benzene rings is 1. The molecule has 10 heteroatoms. The van der Waals surface area contributed by atoms with E-state index in [1.807, 2.05) is 0 Å². The molecule has 1 saturated heterocycles. The van der Waals surface area contributed by atoms with Crippen molar-refractivity contribution < 1.29 is 26.8 Å². The fourth-order valence-corrected chi connectivity index (χ4v) is 4.20. The number of piperidine rings is 1. The number of esters is 1. The lowest BCUT2D eigenvalue weighted by molar-refractivity contribution is -0.151. The Balaban J connectivity index is 1.54. The summed E-state index contributed by atoms with van der Waals surface area (Å²) in [5.74, 6) is -0.706. The molecule has 0 amide bonds. The first-order chi connectivity index (χ1) is 12.4. The van der Waals surface area contributed by atoms with Crippen LogP contribution in [0.15, 0.2) is 33.6 Å². The fourth-order valence-electron chi connectivity index (χ4n) is 2.73. The number of aromatic nitrogens is 2. The van der Waals surface area contributed by atoms with Gasteiger partial charge in [0.25, 0.3) is 5.89 Å². The first kappa shape index (κ1) is 18.5. The van der Waals surface area contributed by atoms with Gasteiger partial charge in [-0.2, -0.15) is 4.31 Å². The predicted molar refractivity (Wildman–Crippen MR) is 86.7 cm³/mol. The third-order valence-corrected chi connectivity index (χ3v) is 6.06. The smallest absolute Gasteiger partial charge is 0.309 e. The Morgan fingerprint density at radius 1 is 1.27 bits per heavy atom. The lowest BCUT2D eigenvalue weighted by Crippen LogP contribution is -2.40. The van der Waals surface area contributed by atoms with Crippen LogP contribution in [0.5, 0.6) is 0 Å². The standard InChI is InChI=1S/C16H18FN3O5S/c1-11-18-19-15(25-11)10-24-16(21)12-6-8-20(9-7-12)26(22,23)14-4-2-13(17)3-5-14/h2-5,12H,6-10H2,1H3. The van der Waals surface area contributed by atoms with Gasteiger partial charge in [0.2, 0.25) is 15.9 Å². The van der Waals surface area contributed by atoms with Crippen molar-refractivity contribution in [2.75, 3.05) is 13.1 Å². The number of rotatable bonds is 5. The van der Waals surface area contributed by atoms with Crippen molar-refractivity contribution in [2.45, 2.75) is 31.3 Å². The van der Waals surface area contributed by atoms with Crippen LogP contribution in [-0.4, -0.2) is 42.0 Å². The van der Waals surface area contributed by atoms with E-state index >= 15 is 0 Å². The van der Waals surface area contributed by atoms with Crippen LogP contribution in [0.4, 0.5) is 4.39 Å². The molecule has 1 aliphatic rings. The fraction of sp³-hybridized carbons (Fsp3) is 0.438. The predicted octanol–water partition coefficient (Wildman–Crippen LogP) is 1.66. The molecule has 0 atom stereocenters. The minimum Gasteiger partial charge on any atom is -0.455 e. The molecule has 0 N–H and O–H groups in total. The highest BCUT2D eigenvalue weighted by atomic mass is 32.2. The van der Waals surface area contributed by atoms with Gasteiger partial charge in [-0.15, -0.1) is 10.2 Å². The number of halogens is 1. The second-order valence-corrected chi connectivity index (χ2v) is 7.89. The number of sulfonamides is 1. The molecule has 2 aromatic rings. The van der Waals surface area contributed by atoms with Crippen molar-refractivity contribution in [3.05, 3.63) is 41.9 Å². The summed E-state index contributed by atoms with van der Waals surface area (Å²) in [7, 11) is -3.70. The molecular weight excluding hydrogens is 365 g/mol. The number of ether oxygens (including phenoxy) is 1. The van der Waals surface area contributed by atoms with E-state index in [1.54, 1.807) is 6.92 Å². The van der Waals surface area contributed by atoms with E-state index in [-0.39, 0.29) is 30.5 Å². The minimum absolute atomic E-state index is 0.0340. The SMILES string of the molecule is Cc1nnc(COC(=O)C2CCN(S(=O)(=O)c3ccc(F)cc3)CC2)o1. The molecule has 2 heterocycles. The van der Waals surface area contributed by atoms with Gasteiger partial charge >= 0.3 is 5.97 Å². The van der Waals surface area contributed by atoms with Crippen molar-refractivity contribution in [2.24, 2.45) is 5.92 Å². The van der Waals surface area contributed by atoms with Gasteiger partial charge in [0.05, 0.1) is 10.8 Å². The maximum Gasteiger partial charge on any atom is 0.309 e. The Labute approximate surface area is 150 Å². The van der Waals surface area contributed by atoms with Crippen LogP contribution >= 0.6 is 0 Å². The quantitative estimate of drug-likeness (QED) is 0.724. The molecule has 0 saturated carbocycles. The van der Waals surface area contributed by atoms with Crippen LogP contribution in [0.25, 0.3) is 0 Å². The first-order valence-electron chi connectivity index (χ1n) is 8.07. The summed E-state index contributed by atoms with van der Waals surface area (Å²) in [6.45, 7) is 1.92. The Hall–Kier alpha value is -2.33. The van der Waals surface area contributed by atoms with E-state index < -0.39 is 27.7 Å². The second kappa shape index (κ2) is 7.50. The number of hydrogen-bond acceptors (Lipinski definition) is 7. The van der Waals surface area contributed by atoms with E-state index in [0.717, 1.165) is 12.1 Å². The summed E-state index contributed by atoms with van der Waals surface area (Å²) in [6.07, 6.45) is 0.699. The van der Waals surface area contributed by atoms with Crippen molar-refractivity contribution in [3.63, 3.8) is 0 Å². The molecule has 26 heavy (non-hydrogen) atoms. The third kappa shape index (κ3) is 4.07. The summed E-state index contributed by atoms with van der Waals surface area (Å²) in [6, 6.07) is 4.68. The Bertz CT molecular complexity index is 874. The van der Waals surface area contributed by atoms with Crippen molar-refractivity contribution in [1.29, 1.82) is 0 Å². The Morgan fingerprint density at radius 3 is 2.50 bits per heavy atom. The monoisotopic (exact) mass is 383 g/mol. The van der Waals surface area contributed by atoms with E-state index in [1.165, 1.54) is 16.4 Å². The van der Waals surface area contributed by atoms with Gasteiger partial charge < -0.3 is 9.15 Å². The van der Waals surface area contributed by atoms with E-state index in [2.05, 4.69) is 10.2 Å². The molecule has 140 valence electrons. The highest BCUT2D eigenvalue weighted by Gasteiger charge is 2.33. The van der Waals surface area contributed by atoms with Crippen molar-refractivity contribution in [1.82, 2.24) is 14.5 Å². The molecule has 0 unspecified atom stereocenters. The molecule has 8 nitrogen and oxygen atoms in total. The number of carbonyl (C=O) groups is 1. The zero-order valence-electron chi connectivity index (χ0n) is 14.1. The molecule has 0 bridgehead atoms. The first-order valence-corrected chi connectivity index (χ1v) is 9.51. The van der Waals surface area contributed by atoms with Crippen LogP contribution in [0.3, 0.4) is 0 Å². The molecule has 1 aliphatic heterocycles. The topological polar surface area (TPSA) is 103 Å². The van der Waals surface area contributed by atoms with E-state index in [9.17, 15) is 17.6 Å². The van der Waals surface area contributed by atoms with Crippen LogP contribution < -0.4 is 0 Å². The largest absolute Gasteiger partial charge is 0.455 e. The van der Waals surface area contributed by atoms with Gasteiger partial charge in [-0.25, -0.2) is 12.8 Å². The molecule has 3 rings (SSSR count). The van der Waals surface area contributed by atoms with Crippen LogP contribution in [0.2, 0.25) is 0 Å². The molecule has 1 fully saturated rings. The van der Waals surface area contributed by atoms with Crippen LogP contribution in [-0.2, 0) is 26.2 Å². The molecular formula is C16H18FN3O5S. The maximum absolute atomic E-state index is 13.0. The zero-order chi connectivity index (χ0) is 18.7. The highest BCUT2D eigenvalue weighted by molar-refractivity contribution is 7.89. The molecule has 1 aromatic carbocycles. The average Bonchev–Trinajstić information content (AvgIpc) is 3.05. The van der Waals surface area contributed by atoms with Gasteiger partial charge in [-0.05, 0) is 37.1 Å². The summed E-state index contributed by atoms with van der Waals surface area (Å²) in [5, 5.41) is 7.38. The number of aryl methyl sites for hydroxylation is 1. The number of hydrogen-bond donors (Lipinski definition) is 0. The molecule has 1 aromatic heterocycles. The number of carbonyl (C=O) groups excluding carboxylic acids is 1. The molecule has 0 spiro atoms. The summed E-state index contributed by atoms with van der Waals surface area (Å²) >= 11 is 0. The molecule has 0 aliphatic carbocycles. The normalized spacial score (nSPS) is 16.5. The average molecular weight is 383 g/mol. The van der Waals surface area contributed by atoms with Crippen LogP contribution in [0, 0.1) is 18.7 Å². The van der Waals surface area contributed by atoms with Gasteiger partial charge in [-0.1, -0.05) is 0 Å². The van der Waals surface area contributed by atoms with Crippen molar-refractivity contribution >= 4 is 16.0 Å². The van der Waals surface area contributed by atoms with E-state index in [0.29, 0.717) is 18.7 Å². The van der Waals surface area contributed by atoms with Gasteiger partial charge in [-0.3, -0.25) is 4.79 Å². The lowest BCUT2D eigenvalue weighted by Gasteiger charge is -2.30. The second-order valence-electron chi connectivity index (χ2n) is 5.95. The summed E-state index contributed by atoms with van der Waals surface area (Å²) in [5.41, 5.74) is 0. The Morgan fingerprint density at radius 2 is 1.92 bits per heavy atom. The van der Waals surface area contributed by atoms with Crippen molar-refractivity contribution in [3.8, 4) is 0 Å². The van der Waals surface area contributed by atoms with Gasteiger partial charge in [0.15, 0.2) is 6.61 Å². The minimum atomic E-state index is -3.70. The maximum atomic E-state index is 13.0. The molecule has 0 radical (unpaired) electrons. The Kier molecular flexibility index (Phi) is 5.33. The zero-order valence-corrected chi connectivity index (χ0v) is 14.9. The lowest BCUT2D eigenvalue weighted by atomic mass is 9.98.